The quantitative estimate of drug-likeness (QED) is 0.879. The topological polar surface area (TPSA) is 63.8 Å². The summed E-state index contributed by atoms with van der Waals surface area (Å²) in [5.41, 5.74) is 9.24. The van der Waals surface area contributed by atoms with Gasteiger partial charge in [0.2, 0.25) is 0 Å². The zero-order chi connectivity index (χ0) is 14.7. The van der Waals surface area contributed by atoms with E-state index >= 15 is 0 Å². The minimum absolute atomic E-state index is 0.272. The molecule has 0 radical (unpaired) electrons. The van der Waals surface area contributed by atoms with Crippen LogP contribution in [0.5, 0.6) is 0 Å². The summed E-state index contributed by atoms with van der Waals surface area (Å²) in [6.07, 6.45) is 1.49. The first-order valence-corrected chi connectivity index (χ1v) is 6.96. The van der Waals surface area contributed by atoms with Crippen LogP contribution in [-0.4, -0.2) is 9.97 Å². The van der Waals surface area contributed by atoms with Gasteiger partial charge in [-0.1, -0.05) is 39.8 Å². The minimum atomic E-state index is 0.272. The minimum Gasteiger partial charge on any atom is -0.383 e. The van der Waals surface area contributed by atoms with Crippen LogP contribution in [0.15, 0.2) is 30.6 Å². The SMILES string of the molecule is CC(C)c1ccc(Nc2ncnc(N)c2C(C)C)cc1. The Morgan fingerprint density at radius 2 is 1.60 bits per heavy atom. The molecule has 0 atom stereocenters. The zero-order valence-corrected chi connectivity index (χ0v) is 12.5. The molecule has 0 fully saturated rings. The Morgan fingerprint density at radius 1 is 0.950 bits per heavy atom. The molecular formula is C16H22N4. The molecule has 3 N–H and O–H groups in total. The number of benzene rings is 1. The molecule has 1 aromatic heterocycles. The summed E-state index contributed by atoms with van der Waals surface area (Å²) in [6.45, 7) is 8.54. The summed E-state index contributed by atoms with van der Waals surface area (Å²) in [4.78, 5) is 8.38. The fraction of sp³-hybridized carbons (Fsp3) is 0.375. The van der Waals surface area contributed by atoms with Crippen LogP contribution >= 0.6 is 0 Å². The van der Waals surface area contributed by atoms with Crippen molar-refractivity contribution in [3.05, 3.63) is 41.7 Å². The van der Waals surface area contributed by atoms with E-state index < -0.39 is 0 Å². The van der Waals surface area contributed by atoms with Gasteiger partial charge < -0.3 is 11.1 Å². The molecule has 106 valence electrons. The van der Waals surface area contributed by atoms with Gasteiger partial charge in [0.25, 0.3) is 0 Å². The van der Waals surface area contributed by atoms with Gasteiger partial charge in [-0.15, -0.1) is 0 Å². The van der Waals surface area contributed by atoms with Crippen molar-refractivity contribution in [1.82, 2.24) is 9.97 Å². The van der Waals surface area contributed by atoms with Crippen LogP contribution in [0.25, 0.3) is 0 Å². The van der Waals surface area contributed by atoms with Crippen molar-refractivity contribution >= 4 is 17.3 Å². The van der Waals surface area contributed by atoms with Crippen LogP contribution in [0.2, 0.25) is 0 Å². The highest BCUT2D eigenvalue weighted by Crippen LogP contribution is 2.29. The maximum Gasteiger partial charge on any atom is 0.139 e. The lowest BCUT2D eigenvalue weighted by Crippen LogP contribution is -2.06. The second kappa shape index (κ2) is 5.90. The van der Waals surface area contributed by atoms with E-state index in [1.807, 2.05) is 0 Å². The van der Waals surface area contributed by atoms with E-state index in [1.165, 1.54) is 11.9 Å². The molecule has 4 nitrogen and oxygen atoms in total. The molecule has 0 bridgehead atoms. The third-order valence-electron chi connectivity index (χ3n) is 3.33. The first-order chi connectivity index (χ1) is 9.49. The van der Waals surface area contributed by atoms with E-state index in [1.54, 1.807) is 0 Å². The van der Waals surface area contributed by atoms with Gasteiger partial charge in [-0.05, 0) is 29.5 Å². The summed E-state index contributed by atoms with van der Waals surface area (Å²) in [7, 11) is 0. The van der Waals surface area contributed by atoms with Crippen molar-refractivity contribution in [3.8, 4) is 0 Å². The van der Waals surface area contributed by atoms with Crippen LogP contribution in [0, 0.1) is 0 Å². The third-order valence-corrected chi connectivity index (χ3v) is 3.33. The molecule has 0 spiro atoms. The van der Waals surface area contributed by atoms with Crippen molar-refractivity contribution < 1.29 is 0 Å². The Bertz CT molecular complexity index is 574. The number of nitrogens with one attached hydrogen (secondary N) is 1. The highest BCUT2D eigenvalue weighted by atomic mass is 15.0. The Balaban J connectivity index is 2.28. The smallest absolute Gasteiger partial charge is 0.139 e. The van der Waals surface area contributed by atoms with Crippen LogP contribution in [-0.2, 0) is 0 Å². The number of rotatable bonds is 4. The zero-order valence-electron chi connectivity index (χ0n) is 12.5. The Labute approximate surface area is 120 Å². The monoisotopic (exact) mass is 270 g/mol. The van der Waals surface area contributed by atoms with E-state index in [-0.39, 0.29) is 5.92 Å². The molecule has 0 saturated heterocycles. The molecule has 0 amide bonds. The van der Waals surface area contributed by atoms with Crippen molar-refractivity contribution in [3.63, 3.8) is 0 Å². The first kappa shape index (κ1) is 14.3. The molecule has 0 aliphatic carbocycles. The van der Waals surface area contributed by atoms with E-state index in [4.69, 9.17) is 5.73 Å². The first-order valence-electron chi connectivity index (χ1n) is 6.96. The van der Waals surface area contributed by atoms with Crippen molar-refractivity contribution in [1.29, 1.82) is 0 Å². The summed E-state index contributed by atoms with van der Waals surface area (Å²) in [5, 5.41) is 3.33. The van der Waals surface area contributed by atoms with Crippen molar-refractivity contribution in [2.24, 2.45) is 0 Å². The molecular weight excluding hydrogens is 248 g/mol. The highest BCUT2D eigenvalue weighted by Gasteiger charge is 2.13. The normalized spacial score (nSPS) is 11.1. The van der Waals surface area contributed by atoms with Gasteiger partial charge in [-0.3, -0.25) is 0 Å². The van der Waals surface area contributed by atoms with Gasteiger partial charge in [-0.25, -0.2) is 9.97 Å². The van der Waals surface area contributed by atoms with Crippen LogP contribution in [0.3, 0.4) is 0 Å². The number of nitrogens with two attached hydrogens (primary N) is 1. The summed E-state index contributed by atoms with van der Waals surface area (Å²) < 4.78 is 0. The van der Waals surface area contributed by atoms with Crippen molar-refractivity contribution in [2.45, 2.75) is 39.5 Å². The fourth-order valence-corrected chi connectivity index (χ4v) is 2.17. The summed E-state index contributed by atoms with van der Waals surface area (Å²) in [6, 6.07) is 8.40. The van der Waals surface area contributed by atoms with E-state index in [0.29, 0.717) is 11.7 Å². The number of nitrogen functional groups attached to an aromatic ring is 1. The molecule has 0 aliphatic rings. The Hall–Kier alpha value is -2.10. The van der Waals surface area contributed by atoms with E-state index in [9.17, 15) is 0 Å². The van der Waals surface area contributed by atoms with E-state index in [0.717, 1.165) is 17.1 Å². The largest absolute Gasteiger partial charge is 0.383 e. The molecule has 0 unspecified atom stereocenters. The molecule has 1 heterocycles. The van der Waals surface area contributed by atoms with Gasteiger partial charge in [0.15, 0.2) is 0 Å². The molecule has 1 aromatic carbocycles. The van der Waals surface area contributed by atoms with Crippen LogP contribution in [0.4, 0.5) is 17.3 Å². The highest BCUT2D eigenvalue weighted by molar-refractivity contribution is 5.64. The van der Waals surface area contributed by atoms with Crippen LogP contribution in [0.1, 0.15) is 50.7 Å². The lowest BCUT2D eigenvalue weighted by molar-refractivity contribution is 0.854. The number of anilines is 3. The second-order valence-electron chi connectivity index (χ2n) is 5.58. The molecule has 20 heavy (non-hydrogen) atoms. The predicted molar refractivity (Wildman–Crippen MR) is 84.3 cm³/mol. The fourth-order valence-electron chi connectivity index (χ4n) is 2.17. The Morgan fingerprint density at radius 3 is 2.15 bits per heavy atom. The molecule has 0 aliphatic heterocycles. The van der Waals surface area contributed by atoms with Crippen molar-refractivity contribution in [2.75, 3.05) is 11.1 Å². The standard InChI is InChI=1S/C16H22N4/c1-10(2)12-5-7-13(8-6-12)20-16-14(11(3)4)15(17)18-9-19-16/h5-11H,1-4H3,(H3,17,18,19,20). The van der Waals surface area contributed by atoms with Gasteiger partial charge in [-0.2, -0.15) is 0 Å². The van der Waals surface area contributed by atoms with E-state index in [2.05, 4.69) is 67.2 Å². The maximum atomic E-state index is 5.95. The summed E-state index contributed by atoms with van der Waals surface area (Å²) in [5.74, 6) is 2.12. The average Bonchev–Trinajstić information content (AvgIpc) is 2.39. The van der Waals surface area contributed by atoms with Gasteiger partial charge in [0, 0.05) is 11.3 Å². The maximum absolute atomic E-state index is 5.95. The predicted octanol–water partition coefficient (Wildman–Crippen LogP) is 4.05. The lowest BCUT2D eigenvalue weighted by atomic mass is 10.0. The van der Waals surface area contributed by atoms with Crippen LogP contribution < -0.4 is 11.1 Å². The molecule has 0 saturated carbocycles. The second-order valence-corrected chi connectivity index (χ2v) is 5.58. The third kappa shape index (κ3) is 3.07. The number of hydrogen-bond donors (Lipinski definition) is 2. The molecule has 2 aromatic rings. The van der Waals surface area contributed by atoms with Gasteiger partial charge in [0.05, 0.1) is 0 Å². The van der Waals surface area contributed by atoms with Gasteiger partial charge in [0.1, 0.15) is 18.0 Å². The lowest BCUT2D eigenvalue weighted by Gasteiger charge is -2.15. The summed E-state index contributed by atoms with van der Waals surface area (Å²) >= 11 is 0. The Kier molecular flexibility index (Phi) is 4.23. The average molecular weight is 270 g/mol. The number of hydrogen-bond acceptors (Lipinski definition) is 4. The molecule has 2 rings (SSSR count). The molecule has 4 heteroatoms. The number of aromatic nitrogens is 2. The van der Waals surface area contributed by atoms with Gasteiger partial charge >= 0.3 is 0 Å². The number of nitrogens with zero attached hydrogens (tertiary/aromatic N) is 2.